The monoisotopic (exact) mass is 312 g/mol. The molecule has 0 atom stereocenters. The van der Waals surface area contributed by atoms with Gasteiger partial charge in [-0.1, -0.05) is 0 Å². The van der Waals surface area contributed by atoms with Crippen molar-refractivity contribution in [2.75, 3.05) is 13.1 Å². The topological polar surface area (TPSA) is 121 Å². The predicted octanol–water partition coefficient (Wildman–Crippen LogP) is -0.335. The maximum absolute atomic E-state index is 12.2. The summed E-state index contributed by atoms with van der Waals surface area (Å²) in [6.45, 7) is 1.33. The van der Waals surface area contributed by atoms with Crippen LogP contribution in [0.1, 0.15) is 27.6 Å². The molecule has 0 fully saturated rings. The Balaban J connectivity index is 2.45. The molecule has 9 heteroatoms. The summed E-state index contributed by atoms with van der Waals surface area (Å²) in [5, 5.41) is 11.3. The molecule has 0 spiro atoms. The lowest BCUT2D eigenvalue weighted by atomic mass is 10.1. The van der Waals surface area contributed by atoms with Crippen LogP contribution < -0.4 is 5.32 Å². The van der Waals surface area contributed by atoms with E-state index in [4.69, 9.17) is 5.11 Å². The van der Waals surface area contributed by atoms with E-state index in [0.29, 0.717) is 10.8 Å². The number of fused-ring (bicyclic) bond motifs is 1. The number of amides is 2. The molecule has 0 radical (unpaired) electrons. The van der Waals surface area contributed by atoms with E-state index in [1.54, 1.807) is 6.92 Å². The second kappa shape index (κ2) is 5.17. The molecule has 1 aromatic rings. The van der Waals surface area contributed by atoms with Crippen LogP contribution in [-0.4, -0.2) is 48.7 Å². The Bertz CT molecular complexity index is 740. The fraction of sp³-hybridized carbons (Fsp3) is 0.250. The maximum atomic E-state index is 12.2. The van der Waals surface area contributed by atoms with Crippen molar-refractivity contribution in [3.8, 4) is 0 Å². The molecule has 2 N–H and O–H groups in total. The first-order chi connectivity index (χ1) is 9.78. The van der Waals surface area contributed by atoms with Crippen LogP contribution in [-0.2, 0) is 14.8 Å². The zero-order valence-electron chi connectivity index (χ0n) is 11.0. The van der Waals surface area contributed by atoms with Crippen LogP contribution in [0.25, 0.3) is 0 Å². The standard InChI is InChI=1S/C12H12N2O6S/c1-2-13-10(15)6-14-11(16)8-4-3-7(12(17)18)5-9(8)21(14,19)20/h3-5H,2,6H2,1H3,(H,13,15)(H,17,18). The van der Waals surface area contributed by atoms with Crippen LogP contribution in [0.5, 0.6) is 0 Å². The third-order valence-electron chi connectivity index (χ3n) is 2.91. The average Bonchev–Trinajstić information content (AvgIpc) is 2.60. The Morgan fingerprint density at radius 2 is 2.00 bits per heavy atom. The molecule has 0 aliphatic carbocycles. The first-order valence-electron chi connectivity index (χ1n) is 6.00. The molecule has 2 amide bonds. The summed E-state index contributed by atoms with van der Waals surface area (Å²) in [6, 6.07) is 3.20. The lowest BCUT2D eigenvalue weighted by molar-refractivity contribution is -0.120. The minimum atomic E-state index is -4.21. The van der Waals surface area contributed by atoms with Crippen molar-refractivity contribution in [3.63, 3.8) is 0 Å². The summed E-state index contributed by atoms with van der Waals surface area (Å²) in [6.07, 6.45) is 0. The molecule has 0 aromatic heterocycles. The molecule has 0 saturated heterocycles. The molecule has 0 saturated carbocycles. The fourth-order valence-corrected chi connectivity index (χ4v) is 3.50. The van der Waals surface area contributed by atoms with Gasteiger partial charge in [0.25, 0.3) is 15.9 Å². The van der Waals surface area contributed by atoms with Gasteiger partial charge in [-0.3, -0.25) is 9.59 Å². The second-order valence-corrected chi connectivity index (χ2v) is 6.12. The molecule has 0 unspecified atom stereocenters. The van der Waals surface area contributed by atoms with Crippen LogP contribution in [0.15, 0.2) is 23.1 Å². The zero-order chi connectivity index (χ0) is 15.8. The van der Waals surface area contributed by atoms with Gasteiger partial charge in [0, 0.05) is 6.54 Å². The lowest BCUT2D eigenvalue weighted by Gasteiger charge is -2.14. The predicted molar refractivity (Wildman–Crippen MR) is 70.3 cm³/mol. The third kappa shape index (κ3) is 2.47. The summed E-state index contributed by atoms with van der Waals surface area (Å²) in [4.78, 5) is 34.0. The van der Waals surface area contributed by atoms with Gasteiger partial charge >= 0.3 is 5.97 Å². The van der Waals surface area contributed by atoms with E-state index in [9.17, 15) is 22.8 Å². The van der Waals surface area contributed by atoms with Gasteiger partial charge in [-0.25, -0.2) is 17.5 Å². The van der Waals surface area contributed by atoms with Gasteiger partial charge in [-0.15, -0.1) is 0 Å². The van der Waals surface area contributed by atoms with Gasteiger partial charge in [0.15, 0.2) is 0 Å². The normalized spacial score (nSPS) is 15.7. The number of likely N-dealkylation sites (N-methyl/N-ethyl adjacent to an activating group) is 1. The summed E-state index contributed by atoms with van der Waals surface area (Å²) in [5.41, 5.74) is -0.380. The summed E-state index contributed by atoms with van der Waals surface area (Å²) >= 11 is 0. The van der Waals surface area contributed by atoms with Crippen molar-refractivity contribution in [1.82, 2.24) is 9.62 Å². The maximum Gasteiger partial charge on any atom is 0.335 e. The smallest absolute Gasteiger partial charge is 0.335 e. The molecular formula is C12H12N2O6S. The van der Waals surface area contributed by atoms with Crippen LogP contribution in [0, 0.1) is 0 Å². The number of carboxylic acid groups (broad SMARTS) is 1. The van der Waals surface area contributed by atoms with Crippen LogP contribution in [0.2, 0.25) is 0 Å². The lowest BCUT2D eigenvalue weighted by Crippen LogP contribution is -2.40. The van der Waals surface area contributed by atoms with Crippen molar-refractivity contribution in [1.29, 1.82) is 0 Å². The number of carbonyl (C=O) groups excluding carboxylic acids is 2. The number of hydrogen-bond acceptors (Lipinski definition) is 5. The Kier molecular flexibility index (Phi) is 3.69. The van der Waals surface area contributed by atoms with E-state index in [1.807, 2.05) is 0 Å². The van der Waals surface area contributed by atoms with Crippen molar-refractivity contribution in [3.05, 3.63) is 29.3 Å². The second-order valence-electron chi connectivity index (χ2n) is 4.29. The summed E-state index contributed by atoms with van der Waals surface area (Å²) in [5.74, 6) is -2.75. The summed E-state index contributed by atoms with van der Waals surface area (Å²) < 4.78 is 24.9. The molecule has 1 heterocycles. The van der Waals surface area contributed by atoms with E-state index in [0.717, 1.165) is 18.2 Å². The largest absolute Gasteiger partial charge is 0.478 e. The fourth-order valence-electron chi connectivity index (χ4n) is 1.95. The Morgan fingerprint density at radius 3 is 2.57 bits per heavy atom. The van der Waals surface area contributed by atoms with E-state index >= 15 is 0 Å². The van der Waals surface area contributed by atoms with E-state index < -0.39 is 39.2 Å². The summed E-state index contributed by atoms with van der Waals surface area (Å²) in [7, 11) is -4.21. The number of nitrogens with zero attached hydrogens (tertiary/aromatic N) is 1. The van der Waals surface area contributed by atoms with Gasteiger partial charge in [-0.2, -0.15) is 0 Å². The number of aromatic carboxylic acids is 1. The first kappa shape index (κ1) is 15.0. The molecular weight excluding hydrogens is 300 g/mol. The average molecular weight is 312 g/mol. The SMILES string of the molecule is CCNC(=O)CN1C(=O)c2ccc(C(=O)O)cc2S1(=O)=O. The number of nitrogens with one attached hydrogen (secondary N) is 1. The number of sulfonamides is 1. The highest BCUT2D eigenvalue weighted by Gasteiger charge is 2.42. The van der Waals surface area contributed by atoms with E-state index in [2.05, 4.69) is 5.32 Å². The molecule has 1 aliphatic heterocycles. The molecule has 1 aliphatic rings. The molecule has 112 valence electrons. The van der Waals surface area contributed by atoms with Gasteiger partial charge in [-0.05, 0) is 25.1 Å². The number of carbonyl (C=O) groups is 3. The molecule has 21 heavy (non-hydrogen) atoms. The van der Waals surface area contributed by atoms with Crippen LogP contribution in [0.4, 0.5) is 0 Å². The Hall–Kier alpha value is -2.42. The van der Waals surface area contributed by atoms with Crippen molar-refractivity contribution < 1.29 is 27.9 Å². The quantitative estimate of drug-likeness (QED) is 0.785. The van der Waals surface area contributed by atoms with Gasteiger partial charge in [0.1, 0.15) is 11.4 Å². The molecule has 0 bridgehead atoms. The Labute approximate surface area is 120 Å². The minimum Gasteiger partial charge on any atom is -0.478 e. The number of benzene rings is 1. The van der Waals surface area contributed by atoms with Gasteiger partial charge in [0.2, 0.25) is 5.91 Å². The first-order valence-corrected chi connectivity index (χ1v) is 7.44. The van der Waals surface area contributed by atoms with Gasteiger partial charge < -0.3 is 10.4 Å². The van der Waals surface area contributed by atoms with E-state index in [1.165, 1.54) is 0 Å². The van der Waals surface area contributed by atoms with E-state index in [-0.39, 0.29) is 11.1 Å². The minimum absolute atomic E-state index is 0.135. The highest BCUT2D eigenvalue weighted by atomic mass is 32.2. The van der Waals surface area contributed by atoms with Crippen molar-refractivity contribution >= 4 is 27.8 Å². The third-order valence-corrected chi connectivity index (χ3v) is 4.68. The molecule has 8 nitrogen and oxygen atoms in total. The van der Waals surface area contributed by atoms with Crippen molar-refractivity contribution in [2.24, 2.45) is 0 Å². The number of carboxylic acids is 1. The van der Waals surface area contributed by atoms with Crippen LogP contribution in [0.3, 0.4) is 0 Å². The van der Waals surface area contributed by atoms with Crippen molar-refractivity contribution in [2.45, 2.75) is 11.8 Å². The highest BCUT2D eigenvalue weighted by molar-refractivity contribution is 7.90. The van der Waals surface area contributed by atoms with Gasteiger partial charge in [0.05, 0.1) is 11.1 Å². The Morgan fingerprint density at radius 1 is 1.33 bits per heavy atom. The molecule has 2 rings (SSSR count). The highest BCUT2D eigenvalue weighted by Crippen LogP contribution is 2.30. The molecule has 1 aromatic carbocycles. The number of hydrogen-bond donors (Lipinski definition) is 2. The number of rotatable bonds is 4. The zero-order valence-corrected chi connectivity index (χ0v) is 11.8. The van der Waals surface area contributed by atoms with Crippen LogP contribution >= 0.6 is 0 Å².